The van der Waals surface area contributed by atoms with Crippen LogP contribution < -0.4 is 15.0 Å². The average molecular weight is 970 g/mol. The Kier molecular flexibility index (Phi) is 11.1. The third-order valence-electron chi connectivity index (χ3n) is 17.7. The molecule has 1 amide bonds. The maximum atomic E-state index is 15.8. The first kappa shape index (κ1) is 46.6. The number of aliphatic hydroxyl groups is 1. The van der Waals surface area contributed by atoms with E-state index >= 15 is 4.79 Å². The minimum atomic E-state index is -2.33. The lowest BCUT2D eigenvalue weighted by Gasteiger charge is -2.63. The van der Waals surface area contributed by atoms with E-state index < -0.39 is 57.4 Å². The van der Waals surface area contributed by atoms with E-state index in [1.807, 2.05) is 72.8 Å². The number of piperidine rings is 1. The van der Waals surface area contributed by atoms with E-state index in [2.05, 4.69) is 51.3 Å². The Bertz CT molecular complexity index is 3000. The van der Waals surface area contributed by atoms with E-state index in [0.29, 0.717) is 88.1 Å². The third-order valence-corrected chi connectivity index (χ3v) is 18.6. The van der Waals surface area contributed by atoms with Gasteiger partial charge in [-0.25, -0.2) is 4.79 Å². The highest BCUT2D eigenvalue weighted by Crippen LogP contribution is 2.68. The van der Waals surface area contributed by atoms with Crippen molar-refractivity contribution in [2.24, 2.45) is 11.3 Å². The monoisotopic (exact) mass is 969 g/mol. The minimum absolute atomic E-state index is 0.124. The van der Waals surface area contributed by atoms with Crippen molar-refractivity contribution in [3.05, 3.63) is 106 Å². The molecule has 7 heterocycles. The molecule has 2 aromatic heterocycles. The largest absolute Gasteiger partial charge is 0.496 e. The molecule has 5 aliphatic heterocycles. The lowest BCUT2D eigenvalue weighted by Crippen LogP contribution is -2.81. The van der Waals surface area contributed by atoms with Gasteiger partial charge in [-0.15, -0.1) is 11.3 Å². The number of thiophene rings is 1. The van der Waals surface area contributed by atoms with Crippen molar-refractivity contribution in [3.8, 4) is 5.75 Å². The van der Waals surface area contributed by atoms with E-state index in [9.17, 15) is 19.5 Å². The summed E-state index contributed by atoms with van der Waals surface area (Å²) in [5.41, 5.74) is -0.920. The zero-order valence-electron chi connectivity index (χ0n) is 41.1. The van der Waals surface area contributed by atoms with Crippen LogP contribution in [0.5, 0.6) is 5.75 Å². The molecule has 14 nitrogen and oxygen atoms in total. The van der Waals surface area contributed by atoms with Crippen molar-refractivity contribution in [2.45, 2.75) is 99.5 Å². The highest BCUT2D eigenvalue weighted by molar-refractivity contribution is 7.17. The summed E-state index contributed by atoms with van der Waals surface area (Å²) in [6.45, 7) is 8.76. The molecule has 5 aromatic rings. The number of benzene rings is 3. The smallest absolute Gasteiger partial charge is 0.344 e. The lowest BCUT2D eigenvalue weighted by atomic mass is 9.47. The standard InChI is InChI=1S/C55H63N5O9S/c1-8-51(57-45(62)35-15-16-43-34(25-35)18-24-70-43)28-33-29-54(49(63)67-6,44-37(17-22-59(30-33)31-51)36-13-10-11-14-40(36)56-44)39-26-38-41(27-42(39)66-5)58(4)47-53(38)20-23-60-21-12-19-52(9-2,46(53)60)48(69-32(3)61)55(47,65)50(64)68-7/h10-16,18-19,24-27,33,46-48,56,65H,8-9,17,20-23,28-31H2,1-7H3,(H,57,62)/t33-,46+,47-,48-,51+,52-,53-,54+,55+/m1/s1. The molecule has 1 saturated carbocycles. The molecule has 2 bridgehead atoms. The fraction of sp³-hybridized carbons (Fsp3) is 0.491. The van der Waals surface area contributed by atoms with Crippen molar-refractivity contribution in [1.29, 1.82) is 0 Å². The van der Waals surface area contributed by atoms with Crippen LogP contribution >= 0.6 is 11.3 Å². The molecule has 0 radical (unpaired) electrons. The van der Waals surface area contributed by atoms with Crippen LogP contribution in [0.2, 0.25) is 0 Å². The number of methoxy groups -OCH3 is 3. The number of carbonyl (C=O) groups excluding carboxylic acids is 4. The fourth-order valence-corrected chi connectivity index (χ4v) is 15.9. The summed E-state index contributed by atoms with van der Waals surface area (Å²) < 4.78 is 25.4. The van der Waals surface area contributed by atoms with Crippen LogP contribution in [0.1, 0.15) is 85.6 Å². The molecule has 11 rings (SSSR count). The summed E-state index contributed by atoms with van der Waals surface area (Å²) >= 11 is 1.65. The minimum Gasteiger partial charge on any atom is -0.496 e. The molecule has 3 N–H and O–H groups in total. The second kappa shape index (κ2) is 16.7. The Morgan fingerprint density at radius 2 is 1.73 bits per heavy atom. The van der Waals surface area contributed by atoms with Crippen LogP contribution in [0.3, 0.4) is 0 Å². The highest BCUT2D eigenvalue weighted by atomic mass is 32.1. The topological polar surface area (TPSA) is 163 Å². The average Bonchev–Trinajstić information content (AvgIpc) is 4.16. The maximum Gasteiger partial charge on any atom is 0.344 e. The molecule has 1 aliphatic carbocycles. The van der Waals surface area contributed by atoms with Gasteiger partial charge in [0, 0.05) is 101 Å². The van der Waals surface area contributed by atoms with Crippen molar-refractivity contribution in [2.75, 3.05) is 66.0 Å². The van der Waals surface area contributed by atoms with Crippen molar-refractivity contribution >= 4 is 61.8 Å². The summed E-state index contributed by atoms with van der Waals surface area (Å²) in [5, 5.41) is 21.1. The summed E-state index contributed by atoms with van der Waals surface area (Å²) in [6.07, 6.45) is 6.03. The first-order chi connectivity index (χ1) is 33.7. The SMILES string of the molecule is CC[C@]1(NC(=O)c2ccc3sccc3c2)C[C@H]2CN(CCc3c([nH]c4ccccc34)[C@@](C(=O)OC)(c3cc4c(cc3OC)N(C)[C@H]3[C@@](O)(C(=O)OC)[C@H](OC(C)=O)[C@]5(CC)C=CCN6CC[C@]43[C@@H]65)C2)C1. The van der Waals surface area contributed by atoms with Gasteiger partial charge >= 0.3 is 17.9 Å². The Labute approximate surface area is 412 Å². The summed E-state index contributed by atoms with van der Waals surface area (Å²) in [4.78, 5) is 68.5. The number of ether oxygens (including phenoxy) is 4. The number of nitrogens with zero attached hydrogens (tertiary/aromatic N) is 3. The molecule has 10 atom stereocenters. The predicted octanol–water partition coefficient (Wildman–Crippen LogP) is 6.64. The predicted molar refractivity (Wildman–Crippen MR) is 268 cm³/mol. The number of amides is 1. The molecular weight excluding hydrogens is 907 g/mol. The van der Waals surface area contributed by atoms with Gasteiger partial charge in [0.25, 0.3) is 5.91 Å². The quantitative estimate of drug-likeness (QED) is 0.0822. The number of aromatic amines is 1. The number of anilines is 1. The first-order valence-electron chi connectivity index (χ1n) is 24.7. The van der Waals surface area contributed by atoms with Gasteiger partial charge in [-0.2, -0.15) is 0 Å². The van der Waals surface area contributed by atoms with E-state index in [-0.39, 0.29) is 17.9 Å². The Morgan fingerprint density at radius 3 is 2.47 bits per heavy atom. The second-order valence-electron chi connectivity index (χ2n) is 20.9. The van der Waals surface area contributed by atoms with Crippen molar-refractivity contribution in [3.63, 3.8) is 0 Å². The van der Waals surface area contributed by atoms with Gasteiger partial charge in [-0.1, -0.05) is 44.2 Å². The Morgan fingerprint density at radius 1 is 0.929 bits per heavy atom. The number of fused-ring (bicyclic) bond motifs is 7. The third kappa shape index (κ3) is 6.32. The number of hydrogen-bond acceptors (Lipinski definition) is 13. The first-order valence-corrected chi connectivity index (χ1v) is 25.6. The molecule has 3 aromatic carbocycles. The Balaban J connectivity index is 1.13. The molecule has 3 fully saturated rings. The number of H-pyrrole nitrogens is 1. The zero-order valence-corrected chi connectivity index (χ0v) is 41.9. The summed E-state index contributed by atoms with van der Waals surface area (Å²) in [5.74, 6) is -1.75. The zero-order chi connectivity index (χ0) is 49.1. The van der Waals surface area contributed by atoms with Crippen LogP contribution in [-0.4, -0.2) is 134 Å². The van der Waals surface area contributed by atoms with Crippen LogP contribution in [0.25, 0.3) is 21.0 Å². The molecule has 1 spiro atoms. The van der Waals surface area contributed by atoms with Crippen LogP contribution in [0.15, 0.2) is 78.2 Å². The molecular formula is C55H63N5O9S. The van der Waals surface area contributed by atoms with Crippen molar-refractivity contribution in [1.82, 2.24) is 20.1 Å². The number of para-hydroxylation sites is 1. The van der Waals surface area contributed by atoms with Crippen LogP contribution in [-0.2, 0) is 45.8 Å². The summed E-state index contributed by atoms with van der Waals surface area (Å²) in [7, 11) is 6.18. The number of esters is 3. The van der Waals surface area contributed by atoms with Gasteiger partial charge in [0.2, 0.25) is 5.60 Å². The molecule has 1 unspecified atom stereocenters. The Hall–Kier alpha value is -5.74. The van der Waals surface area contributed by atoms with E-state index in [4.69, 9.17) is 18.9 Å². The van der Waals surface area contributed by atoms with Crippen LogP contribution in [0, 0.1) is 11.3 Å². The number of hydrogen-bond donors (Lipinski definition) is 3. The number of nitrogens with one attached hydrogen (secondary N) is 2. The molecule has 15 heteroatoms. The van der Waals surface area contributed by atoms with E-state index in [1.54, 1.807) is 18.4 Å². The molecule has 368 valence electrons. The molecule has 70 heavy (non-hydrogen) atoms. The van der Waals surface area contributed by atoms with Gasteiger partial charge in [0.1, 0.15) is 11.2 Å². The van der Waals surface area contributed by atoms with Gasteiger partial charge < -0.3 is 44.2 Å². The van der Waals surface area contributed by atoms with Gasteiger partial charge in [-0.05, 0) is 109 Å². The number of rotatable bonds is 9. The van der Waals surface area contributed by atoms with Gasteiger partial charge in [-0.3, -0.25) is 19.3 Å². The maximum absolute atomic E-state index is 15.8. The second-order valence-corrected chi connectivity index (χ2v) is 21.8. The normalized spacial score (nSPS) is 33.0. The highest BCUT2D eigenvalue weighted by Gasteiger charge is 2.80. The summed E-state index contributed by atoms with van der Waals surface area (Å²) in [6, 6.07) is 18.9. The molecule has 2 saturated heterocycles. The van der Waals surface area contributed by atoms with Crippen molar-refractivity contribution < 1.29 is 43.2 Å². The number of carbonyl (C=O) groups is 4. The fourth-order valence-electron chi connectivity index (χ4n) is 15.1. The van der Waals surface area contributed by atoms with E-state index in [0.717, 1.165) is 43.5 Å². The molecule has 6 aliphatic rings. The van der Waals surface area contributed by atoms with E-state index in [1.165, 1.54) is 21.1 Å². The number of likely N-dealkylation sites (N-methyl/N-ethyl adjacent to an activating group) is 1. The lowest BCUT2D eigenvalue weighted by molar-refractivity contribution is -0.228. The van der Waals surface area contributed by atoms with Gasteiger partial charge in [0.15, 0.2) is 6.10 Å². The van der Waals surface area contributed by atoms with Gasteiger partial charge in [0.05, 0.1) is 32.9 Å². The number of aromatic nitrogens is 1. The van der Waals surface area contributed by atoms with Crippen LogP contribution in [0.4, 0.5) is 5.69 Å².